The number of hydrogen-bond donors (Lipinski definition) is 2. The van der Waals surface area contributed by atoms with Crippen molar-refractivity contribution in [2.75, 3.05) is 16.8 Å². The van der Waals surface area contributed by atoms with Gasteiger partial charge in [-0.25, -0.2) is 9.37 Å². The van der Waals surface area contributed by atoms with Gasteiger partial charge in [0.25, 0.3) is 0 Å². The second-order valence-corrected chi connectivity index (χ2v) is 5.20. The Labute approximate surface area is 120 Å². The lowest BCUT2D eigenvalue weighted by Crippen LogP contribution is -2.12. The van der Waals surface area contributed by atoms with Gasteiger partial charge in [0.1, 0.15) is 5.82 Å². The average molecular weight is 291 g/mol. The predicted octanol–water partition coefficient (Wildman–Crippen LogP) is 2.92. The Kier molecular flexibility index (Phi) is 4.95. The quantitative estimate of drug-likeness (QED) is 0.831. The fourth-order valence-corrected chi connectivity index (χ4v) is 2.30. The third-order valence-corrected chi connectivity index (χ3v) is 3.39. The Morgan fingerprint density at radius 1 is 1.35 bits per heavy atom. The first-order chi connectivity index (χ1) is 9.63. The van der Waals surface area contributed by atoms with Crippen LogP contribution < -0.4 is 11.1 Å². The van der Waals surface area contributed by atoms with Gasteiger partial charge in [-0.1, -0.05) is 6.07 Å². The van der Waals surface area contributed by atoms with Gasteiger partial charge in [0.15, 0.2) is 0 Å². The lowest BCUT2D eigenvalue weighted by Gasteiger charge is -2.05. The topological polar surface area (TPSA) is 68.0 Å². The van der Waals surface area contributed by atoms with Crippen molar-refractivity contribution in [2.45, 2.75) is 11.4 Å². The molecule has 0 atom stereocenters. The first kappa shape index (κ1) is 14.3. The SMILES string of the molecule is Nc1ccc(SCCC(=O)Nc2cccc(F)c2)nc1. The summed E-state index contributed by atoms with van der Waals surface area (Å²) in [6, 6.07) is 9.39. The van der Waals surface area contributed by atoms with Crippen LogP contribution in [-0.4, -0.2) is 16.6 Å². The van der Waals surface area contributed by atoms with E-state index in [0.29, 0.717) is 23.5 Å². The Morgan fingerprint density at radius 3 is 2.90 bits per heavy atom. The number of nitrogens with zero attached hydrogens (tertiary/aromatic N) is 1. The molecular weight excluding hydrogens is 277 g/mol. The zero-order valence-corrected chi connectivity index (χ0v) is 11.5. The van der Waals surface area contributed by atoms with E-state index in [0.717, 1.165) is 5.03 Å². The Bertz CT molecular complexity index is 589. The number of halogens is 1. The maximum Gasteiger partial charge on any atom is 0.225 e. The number of hydrogen-bond acceptors (Lipinski definition) is 4. The molecule has 20 heavy (non-hydrogen) atoms. The summed E-state index contributed by atoms with van der Waals surface area (Å²) >= 11 is 1.47. The Hall–Kier alpha value is -2.08. The number of benzene rings is 1. The molecule has 104 valence electrons. The molecule has 0 saturated carbocycles. The first-order valence-electron chi connectivity index (χ1n) is 6.03. The number of rotatable bonds is 5. The second-order valence-electron chi connectivity index (χ2n) is 4.09. The summed E-state index contributed by atoms with van der Waals surface area (Å²) in [5.41, 5.74) is 6.61. The van der Waals surface area contributed by atoms with Crippen LogP contribution in [0.5, 0.6) is 0 Å². The maximum atomic E-state index is 12.9. The van der Waals surface area contributed by atoms with Crippen molar-refractivity contribution in [1.82, 2.24) is 4.98 Å². The van der Waals surface area contributed by atoms with Crippen LogP contribution in [0.3, 0.4) is 0 Å². The van der Waals surface area contributed by atoms with E-state index in [1.54, 1.807) is 24.4 Å². The van der Waals surface area contributed by atoms with E-state index in [1.165, 1.54) is 23.9 Å². The van der Waals surface area contributed by atoms with Crippen LogP contribution in [0, 0.1) is 5.82 Å². The van der Waals surface area contributed by atoms with Gasteiger partial charge in [-0.2, -0.15) is 0 Å². The molecule has 2 rings (SSSR count). The molecule has 0 bridgehead atoms. The van der Waals surface area contributed by atoms with Crippen molar-refractivity contribution in [3.8, 4) is 0 Å². The third-order valence-electron chi connectivity index (χ3n) is 2.45. The van der Waals surface area contributed by atoms with Crippen LogP contribution in [0.4, 0.5) is 15.8 Å². The van der Waals surface area contributed by atoms with Crippen LogP contribution in [0.1, 0.15) is 6.42 Å². The molecule has 1 aromatic heterocycles. The molecule has 1 amide bonds. The summed E-state index contributed by atoms with van der Waals surface area (Å²) in [5.74, 6) is 0.0692. The van der Waals surface area contributed by atoms with E-state index in [2.05, 4.69) is 10.3 Å². The molecule has 1 aromatic carbocycles. The molecule has 0 saturated heterocycles. The average Bonchev–Trinajstić information content (AvgIpc) is 2.41. The van der Waals surface area contributed by atoms with E-state index < -0.39 is 0 Å². The molecule has 0 aliphatic carbocycles. The third kappa shape index (κ3) is 4.55. The number of nitrogens with one attached hydrogen (secondary N) is 1. The van der Waals surface area contributed by atoms with Crippen LogP contribution >= 0.6 is 11.8 Å². The van der Waals surface area contributed by atoms with Crippen LogP contribution in [-0.2, 0) is 4.79 Å². The normalized spacial score (nSPS) is 10.2. The second kappa shape index (κ2) is 6.91. The highest BCUT2D eigenvalue weighted by atomic mass is 32.2. The number of anilines is 2. The highest BCUT2D eigenvalue weighted by Gasteiger charge is 2.04. The zero-order chi connectivity index (χ0) is 14.4. The van der Waals surface area contributed by atoms with E-state index in [1.807, 2.05) is 6.07 Å². The molecule has 0 fully saturated rings. The molecular formula is C14H14FN3OS. The van der Waals surface area contributed by atoms with Crippen LogP contribution in [0.15, 0.2) is 47.6 Å². The number of amides is 1. The molecule has 3 N–H and O–H groups in total. The van der Waals surface area contributed by atoms with E-state index >= 15 is 0 Å². The standard InChI is InChI=1S/C14H14FN3OS/c15-10-2-1-3-12(8-10)18-13(19)6-7-20-14-5-4-11(16)9-17-14/h1-5,8-9H,6-7,16H2,(H,18,19). The van der Waals surface area contributed by atoms with Gasteiger partial charge in [0.2, 0.25) is 5.91 Å². The Morgan fingerprint density at radius 2 is 2.20 bits per heavy atom. The largest absolute Gasteiger partial charge is 0.397 e. The summed E-state index contributed by atoms with van der Waals surface area (Å²) < 4.78 is 12.9. The zero-order valence-electron chi connectivity index (χ0n) is 10.7. The highest BCUT2D eigenvalue weighted by molar-refractivity contribution is 7.99. The summed E-state index contributed by atoms with van der Waals surface area (Å²) in [6.45, 7) is 0. The van der Waals surface area contributed by atoms with Gasteiger partial charge in [0, 0.05) is 17.9 Å². The maximum absolute atomic E-state index is 12.9. The number of carbonyl (C=O) groups excluding carboxylic acids is 1. The smallest absolute Gasteiger partial charge is 0.225 e. The van der Waals surface area contributed by atoms with Gasteiger partial charge < -0.3 is 11.1 Å². The van der Waals surface area contributed by atoms with Gasteiger partial charge in [0.05, 0.1) is 16.9 Å². The van der Waals surface area contributed by atoms with Crippen LogP contribution in [0.25, 0.3) is 0 Å². The van der Waals surface area contributed by atoms with Gasteiger partial charge in [-0.15, -0.1) is 11.8 Å². The molecule has 4 nitrogen and oxygen atoms in total. The van der Waals surface area contributed by atoms with Crippen molar-refractivity contribution in [1.29, 1.82) is 0 Å². The van der Waals surface area contributed by atoms with E-state index in [-0.39, 0.29) is 11.7 Å². The molecule has 2 aromatic rings. The number of nitrogens with two attached hydrogens (primary N) is 1. The fraction of sp³-hybridized carbons (Fsp3) is 0.143. The van der Waals surface area contributed by atoms with Crippen molar-refractivity contribution in [3.05, 3.63) is 48.4 Å². The lowest BCUT2D eigenvalue weighted by molar-refractivity contribution is -0.115. The summed E-state index contributed by atoms with van der Waals surface area (Å²) in [7, 11) is 0. The van der Waals surface area contributed by atoms with Crippen molar-refractivity contribution in [3.63, 3.8) is 0 Å². The van der Waals surface area contributed by atoms with Crippen molar-refractivity contribution >= 4 is 29.0 Å². The fourth-order valence-electron chi connectivity index (χ4n) is 1.52. The number of carbonyl (C=O) groups is 1. The minimum atomic E-state index is -0.372. The van der Waals surface area contributed by atoms with E-state index in [9.17, 15) is 9.18 Å². The number of thioether (sulfide) groups is 1. The van der Waals surface area contributed by atoms with Gasteiger partial charge in [-0.3, -0.25) is 4.79 Å². The molecule has 0 aliphatic rings. The predicted molar refractivity (Wildman–Crippen MR) is 79.0 cm³/mol. The number of nitrogen functional groups attached to an aromatic ring is 1. The molecule has 0 aliphatic heterocycles. The lowest BCUT2D eigenvalue weighted by atomic mass is 10.3. The molecule has 1 heterocycles. The number of pyridine rings is 1. The molecule has 0 spiro atoms. The minimum absolute atomic E-state index is 0.154. The summed E-state index contributed by atoms with van der Waals surface area (Å²) in [6.07, 6.45) is 1.91. The van der Waals surface area contributed by atoms with E-state index in [4.69, 9.17) is 5.73 Å². The van der Waals surface area contributed by atoms with Gasteiger partial charge >= 0.3 is 0 Å². The molecule has 6 heteroatoms. The summed E-state index contributed by atoms with van der Waals surface area (Å²) in [5, 5.41) is 3.46. The van der Waals surface area contributed by atoms with Gasteiger partial charge in [-0.05, 0) is 30.3 Å². The molecule has 0 radical (unpaired) electrons. The monoisotopic (exact) mass is 291 g/mol. The van der Waals surface area contributed by atoms with Crippen molar-refractivity contribution < 1.29 is 9.18 Å². The highest BCUT2D eigenvalue weighted by Crippen LogP contribution is 2.17. The number of aromatic nitrogens is 1. The summed E-state index contributed by atoms with van der Waals surface area (Å²) in [4.78, 5) is 15.8. The minimum Gasteiger partial charge on any atom is -0.397 e. The van der Waals surface area contributed by atoms with Crippen molar-refractivity contribution in [2.24, 2.45) is 0 Å². The van der Waals surface area contributed by atoms with Crippen LogP contribution in [0.2, 0.25) is 0 Å². The Balaban J connectivity index is 1.76. The first-order valence-corrected chi connectivity index (χ1v) is 7.02. The molecule has 0 unspecified atom stereocenters.